The van der Waals surface area contributed by atoms with E-state index in [1.54, 1.807) is 0 Å². The Morgan fingerprint density at radius 1 is 0.623 bits per heavy atom. The molecule has 21 heteroatoms. The van der Waals surface area contributed by atoms with E-state index in [0.29, 0.717) is 51.4 Å². The van der Waals surface area contributed by atoms with Gasteiger partial charge in [-0.3, -0.25) is 9.59 Å². The van der Waals surface area contributed by atoms with E-state index >= 15 is 0 Å². The predicted octanol–water partition coefficient (Wildman–Crippen LogP) is -1.82. The van der Waals surface area contributed by atoms with E-state index in [1.807, 2.05) is 6.92 Å². The number of hydrogen-bond acceptors (Lipinski definition) is 20. The lowest BCUT2D eigenvalue weighted by atomic mass is 9.33. The second-order valence-electron chi connectivity index (χ2n) is 23.4. The molecule has 3 aliphatic heterocycles. The molecule has 69 heavy (non-hydrogen) atoms. The molecule has 25 atom stereocenters. The monoisotopic (exact) mass is 988 g/mol. The average Bonchev–Trinajstić information content (AvgIpc) is 3.29. The highest BCUT2D eigenvalue weighted by molar-refractivity contribution is 5.79. The minimum Gasteiger partial charge on any atom is -0.481 e. The van der Waals surface area contributed by atoms with Gasteiger partial charge in [0.25, 0.3) is 0 Å². The summed E-state index contributed by atoms with van der Waals surface area (Å²) in [5.74, 6) is -2.95. The van der Waals surface area contributed by atoms with Gasteiger partial charge in [-0.1, -0.05) is 46.3 Å². The maximum absolute atomic E-state index is 14.7. The molecule has 0 amide bonds. The van der Waals surface area contributed by atoms with Gasteiger partial charge in [0, 0.05) is 0 Å². The molecule has 7 fully saturated rings. The van der Waals surface area contributed by atoms with E-state index in [1.165, 1.54) is 6.92 Å². The van der Waals surface area contributed by atoms with Crippen LogP contribution in [0.25, 0.3) is 0 Å². The highest BCUT2D eigenvalue weighted by atomic mass is 16.7. The topological polar surface area (TPSA) is 353 Å². The molecule has 0 aromatic rings. The average molecular weight is 989 g/mol. The van der Waals surface area contributed by atoms with Crippen molar-refractivity contribution in [3.8, 4) is 0 Å². The molecular formula is C48H76O21. The Morgan fingerprint density at radius 2 is 1.16 bits per heavy atom. The van der Waals surface area contributed by atoms with Gasteiger partial charge in [0.2, 0.25) is 6.29 Å². The first-order chi connectivity index (χ1) is 32.2. The maximum atomic E-state index is 14.7. The molecular weight excluding hydrogens is 913 g/mol. The highest BCUT2D eigenvalue weighted by Gasteiger charge is 2.73. The van der Waals surface area contributed by atoms with E-state index in [4.69, 9.17) is 28.4 Å². The second kappa shape index (κ2) is 18.7. The zero-order chi connectivity index (χ0) is 50.7. The molecule has 0 aromatic carbocycles. The molecule has 21 nitrogen and oxygen atoms in total. The smallest absolute Gasteiger partial charge is 0.315 e. The van der Waals surface area contributed by atoms with Crippen molar-refractivity contribution < 1.29 is 104 Å². The van der Waals surface area contributed by atoms with Gasteiger partial charge in [-0.2, -0.15) is 0 Å². The molecule has 0 aromatic heterocycles. The van der Waals surface area contributed by atoms with Crippen molar-refractivity contribution in [2.75, 3.05) is 19.8 Å². The Balaban J connectivity index is 1.07. The van der Waals surface area contributed by atoms with Gasteiger partial charge >= 0.3 is 11.9 Å². The van der Waals surface area contributed by atoms with Gasteiger partial charge in [-0.15, -0.1) is 0 Å². The second-order valence-corrected chi connectivity index (χ2v) is 23.4. The number of aliphatic hydroxyl groups is 12. The number of aliphatic hydroxyl groups excluding tert-OH is 12. The largest absolute Gasteiger partial charge is 0.481 e. The van der Waals surface area contributed by atoms with Crippen LogP contribution in [0.15, 0.2) is 11.6 Å². The zero-order valence-electron chi connectivity index (χ0n) is 40.2. The number of carboxylic acid groups (broad SMARTS) is 1. The number of carbonyl (C=O) groups is 2. The molecule has 8 rings (SSSR count). The van der Waals surface area contributed by atoms with Gasteiger partial charge in [-0.05, 0) is 104 Å². The van der Waals surface area contributed by atoms with Gasteiger partial charge < -0.3 is 94.8 Å². The van der Waals surface area contributed by atoms with Crippen molar-refractivity contribution in [3.63, 3.8) is 0 Å². The number of allylic oxidation sites excluding steroid dienone is 2. The normalized spacial score (nSPS) is 53.9. The quantitative estimate of drug-likeness (QED) is 0.0651. The Kier molecular flexibility index (Phi) is 14.5. The van der Waals surface area contributed by atoms with Crippen LogP contribution in [0.2, 0.25) is 0 Å². The number of ether oxygens (including phenoxy) is 6. The Hall–Kier alpha value is -2.00. The molecule has 13 N–H and O–H groups in total. The lowest BCUT2D eigenvalue weighted by Gasteiger charge is -2.71. The van der Waals surface area contributed by atoms with E-state index < -0.39 is 169 Å². The summed E-state index contributed by atoms with van der Waals surface area (Å²) in [4.78, 5) is 28.5. The highest BCUT2D eigenvalue weighted by Crippen LogP contribution is 2.76. The molecule has 25 unspecified atom stereocenters. The summed E-state index contributed by atoms with van der Waals surface area (Å²) < 4.78 is 34.9. The summed E-state index contributed by atoms with van der Waals surface area (Å²) in [6.45, 7) is 10.0. The Labute approximate surface area is 400 Å². The van der Waals surface area contributed by atoms with Crippen LogP contribution in [-0.4, -0.2) is 202 Å². The van der Waals surface area contributed by atoms with Gasteiger partial charge in [0.15, 0.2) is 12.6 Å². The first-order valence-corrected chi connectivity index (χ1v) is 24.6. The first-order valence-electron chi connectivity index (χ1n) is 24.6. The molecule has 0 bridgehead atoms. The number of carbonyl (C=O) groups excluding carboxylic acids is 1. The molecule has 3 saturated heterocycles. The van der Waals surface area contributed by atoms with Crippen LogP contribution in [0, 0.1) is 50.2 Å². The third-order valence-corrected chi connectivity index (χ3v) is 19.4. The molecule has 394 valence electrons. The zero-order valence-corrected chi connectivity index (χ0v) is 40.2. The fraction of sp³-hybridized carbons (Fsp3) is 0.917. The molecule has 5 aliphatic carbocycles. The third kappa shape index (κ3) is 8.16. The van der Waals surface area contributed by atoms with E-state index in [0.717, 1.165) is 5.57 Å². The Morgan fingerprint density at radius 3 is 1.74 bits per heavy atom. The van der Waals surface area contributed by atoms with E-state index in [2.05, 4.69) is 33.8 Å². The number of aliphatic carboxylic acids is 1. The summed E-state index contributed by atoms with van der Waals surface area (Å²) >= 11 is 0. The van der Waals surface area contributed by atoms with Crippen LogP contribution >= 0.6 is 0 Å². The number of rotatable bonds is 10. The van der Waals surface area contributed by atoms with Gasteiger partial charge in [0.1, 0.15) is 79.4 Å². The summed E-state index contributed by atoms with van der Waals surface area (Å²) in [6, 6.07) is 0. The summed E-state index contributed by atoms with van der Waals surface area (Å²) in [7, 11) is 0. The third-order valence-electron chi connectivity index (χ3n) is 19.4. The van der Waals surface area contributed by atoms with Crippen molar-refractivity contribution in [2.45, 2.75) is 204 Å². The fourth-order valence-corrected chi connectivity index (χ4v) is 15.1. The summed E-state index contributed by atoms with van der Waals surface area (Å²) in [6.07, 6.45) is -21.9. The van der Waals surface area contributed by atoms with E-state index in [9.17, 15) is 76.0 Å². The predicted molar refractivity (Wildman–Crippen MR) is 234 cm³/mol. The minimum absolute atomic E-state index is 0.0796. The van der Waals surface area contributed by atoms with Crippen LogP contribution in [-0.2, 0) is 38.0 Å². The number of hydrogen-bond donors (Lipinski definition) is 13. The van der Waals surface area contributed by atoms with Crippen molar-refractivity contribution in [2.24, 2.45) is 50.2 Å². The minimum atomic E-state index is -1.96. The van der Waals surface area contributed by atoms with Crippen LogP contribution in [0.3, 0.4) is 0 Å². The van der Waals surface area contributed by atoms with Gasteiger partial charge in [-0.25, -0.2) is 0 Å². The van der Waals surface area contributed by atoms with Crippen molar-refractivity contribution in [1.82, 2.24) is 0 Å². The fourth-order valence-electron chi connectivity index (χ4n) is 15.1. The van der Waals surface area contributed by atoms with Crippen LogP contribution in [0.5, 0.6) is 0 Å². The standard InChI is InChI=1S/C48H76O21/c1-43(2)11-13-48(42(63)69-39-34(59)32(57)29(54)24(18-50)65-39)14-12-45(4)20(21(48)15-43)7-8-26-44(3)16-22(52)37(47(6,41(61)62)27(44)9-10-46(26,45)5)68-40-35(60)36(30(55)25(19-51)66-40)67-38-33(58)31(56)28(53)23(17-49)64-38/h7,21-40,49-60H,8-19H2,1-6H3,(H,61,62). The summed E-state index contributed by atoms with van der Waals surface area (Å²) in [5.41, 5.74) is -3.71. The van der Waals surface area contributed by atoms with E-state index in [-0.39, 0.29) is 23.7 Å². The number of esters is 1. The Bertz CT molecular complexity index is 1930. The molecule has 8 aliphatic rings. The maximum Gasteiger partial charge on any atom is 0.315 e. The molecule has 3 heterocycles. The van der Waals surface area contributed by atoms with Crippen LogP contribution < -0.4 is 0 Å². The summed E-state index contributed by atoms with van der Waals surface area (Å²) in [5, 5.41) is 139. The van der Waals surface area contributed by atoms with Gasteiger partial charge in [0.05, 0.1) is 36.8 Å². The SMILES string of the molecule is CC1(C)CCC2(C(=O)OC3OC(CO)C(O)C(O)C3O)CCC3(C)C(=CCC4C5(C)CC(O)C(OC6OC(CO)C(O)C(OC7OC(CO)C(O)C(O)C7O)C6O)C(C)(C(=O)O)C5CCC43C)C2C1. The van der Waals surface area contributed by atoms with Crippen molar-refractivity contribution in [3.05, 3.63) is 11.6 Å². The lowest BCUT2D eigenvalue weighted by molar-refractivity contribution is -0.373. The van der Waals surface area contributed by atoms with Crippen LogP contribution in [0.4, 0.5) is 0 Å². The number of carboxylic acids is 1. The first kappa shape index (κ1) is 53.3. The van der Waals surface area contributed by atoms with Crippen molar-refractivity contribution in [1.29, 1.82) is 0 Å². The molecule has 0 radical (unpaired) electrons. The molecule has 0 spiro atoms. The lowest BCUT2D eigenvalue weighted by Crippen LogP contribution is -2.70. The molecule has 4 saturated carbocycles. The van der Waals surface area contributed by atoms with Crippen LogP contribution in [0.1, 0.15) is 99.3 Å². The van der Waals surface area contributed by atoms with Crippen molar-refractivity contribution >= 4 is 11.9 Å². The number of fused-ring (bicyclic) bond motifs is 7.